The minimum Gasteiger partial charge on any atom is -0.466 e. The minimum absolute atomic E-state index is 0.143. The van der Waals surface area contributed by atoms with E-state index in [9.17, 15) is 4.79 Å². The lowest BCUT2D eigenvalue weighted by Crippen LogP contribution is -2.44. The Balaban J connectivity index is 1.90. The Bertz CT molecular complexity index is 499. The van der Waals surface area contributed by atoms with Gasteiger partial charge in [-0.25, -0.2) is 0 Å². The smallest absolute Gasteiger partial charge is 0.257 e. The highest BCUT2D eigenvalue weighted by molar-refractivity contribution is 5.96. The van der Waals surface area contributed by atoms with E-state index in [0.717, 1.165) is 42.8 Å². The van der Waals surface area contributed by atoms with Crippen LogP contribution in [0.5, 0.6) is 0 Å². The van der Waals surface area contributed by atoms with Gasteiger partial charge in [0.1, 0.15) is 11.5 Å². The molecule has 0 saturated carbocycles. The standard InChI is InChI=1S/C15H19NO2/c1-9-6-12-4-5-13(7-9)16(12)15(17)14-8-10(2)18-11(14)3/h8,12-13H,1,4-7H2,2-3H3. The fraction of sp³-hybridized carbons (Fsp3) is 0.533. The highest BCUT2D eigenvalue weighted by atomic mass is 16.3. The van der Waals surface area contributed by atoms with Crippen molar-refractivity contribution >= 4 is 5.91 Å². The van der Waals surface area contributed by atoms with Crippen LogP contribution in [0.4, 0.5) is 0 Å². The average molecular weight is 245 g/mol. The normalized spacial score (nSPS) is 26.8. The molecule has 0 radical (unpaired) electrons. The zero-order valence-electron chi connectivity index (χ0n) is 11.0. The van der Waals surface area contributed by atoms with Crippen LogP contribution in [0.2, 0.25) is 0 Å². The molecule has 2 aliphatic rings. The summed E-state index contributed by atoms with van der Waals surface area (Å²) in [6.07, 6.45) is 4.17. The van der Waals surface area contributed by atoms with Gasteiger partial charge in [-0.3, -0.25) is 4.79 Å². The van der Waals surface area contributed by atoms with Crippen LogP contribution in [0.3, 0.4) is 0 Å². The molecule has 2 bridgehead atoms. The number of nitrogens with zero attached hydrogens (tertiary/aromatic N) is 1. The first kappa shape index (κ1) is 11.6. The number of amides is 1. The fourth-order valence-electron chi connectivity index (χ4n) is 3.43. The summed E-state index contributed by atoms with van der Waals surface area (Å²) in [7, 11) is 0. The molecule has 1 aromatic heterocycles. The number of hydrogen-bond donors (Lipinski definition) is 0. The molecule has 1 aromatic rings. The van der Waals surface area contributed by atoms with Gasteiger partial charge >= 0.3 is 0 Å². The van der Waals surface area contributed by atoms with E-state index in [1.165, 1.54) is 5.57 Å². The molecule has 2 fully saturated rings. The molecule has 3 heterocycles. The quantitative estimate of drug-likeness (QED) is 0.712. The third kappa shape index (κ3) is 1.69. The molecule has 3 rings (SSSR count). The topological polar surface area (TPSA) is 33.5 Å². The van der Waals surface area contributed by atoms with E-state index in [1.807, 2.05) is 19.9 Å². The van der Waals surface area contributed by atoms with Crippen molar-refractivity contribution in [1.82, 2.24) is 4.90 Å². The number of aryl methyl sites for hydroxylation is 2. The molecule has 0 aliphatic carbocycles. The highest BCUT2D eigenvalue weighted by Gasteiger charge is 2.41. The van der Waals surface area contributed by atoms with Crippen LogP contribution in [-0.2, 0) is 0 Å². The van der Waals surface area contributed by atoms with Crippen molar-refractivity contribution in [2.75, 3.05) is 0 Å². The number of rotatable bonds is 1. The summed E-state index contributed by atoms with van der Waals surface area (Å²) in [6, 6.07) is 2.58. The van der Waals surface area contributed by atoms with E-state index in [4.69, 9.17) is 4.42 Å². The van der Waals surface area contributed by atoms with Gasteiger partial charge in [0.15, 0.2) is 0 Å². The summed E-state index contributed by atoms with van der Waals surface area (Å²) in [4.78, 5) is 14.7. The Hall–Kier alpha value is -1.51. The maximum absolute atomic E-state index is 12.6. The van der Waals surface area contributed by atoms with Gasteiger partial charge in [0.25, 0.3) is 5.91 Å². The second-order valence-electron chi connectivity index (χ2n) is 5.58. The monoisotopic (exact) mass is 245 g/mol. The van der Waals surface area contributed by atoms with Gasteiger partial charge in [-0.05, 0) is 45.6 Å². The van der Waals surface area contributed by atoms with Crippen molar-refractivity contribution in [2.45, 2.75) is 51.6 Å². The Morgan fingerprint density at radius 3 is 2.44 bits per heavy atom. The van der Waals surface area contributed by atoms with E-state index in [1.54, 1.807) is 0 Å². The van der Waals surface area contributed by atoms with Crippen LogP contribution in [0.15, 0.2) is 22.6 Å². The van der Waals surface area contributed by atoms with Crippen LogP contribution < -0.4 is 0 Å². The maximum atomic E-state index is 12.6. The van der Waals surface area contributed by atoms with E-state index < -0.39 is 0 Å². The molecule has 2 aliphatic heterocycles. The third-order valence-corrected chi connectivity index (χ3v) is 4.17. The fourth-order valence-corrected chi connectivity index (χ4v) is 3.43. The van der Waals surface area contributed by atoms with Crippen molar-refractivity contribution in [3.05, 3.63) is 35.3 Å². The van der Waals surface area contributed by atoms with Gasteiger partial charge in [0, 0.05) is 12.1 Å². The zero-order chi connectivity index (χ0) is 12.9. The van der Waals surface area contributed by atoms with E-state index >= 15 is 0 Å². The summed E-state index contributed by atoms with van der Waals surface area (Å²) >= 11 is 0. The van der Waals surface area contributed by atoms with Crippen LogP contribution >= 0.6 is 0 Å². The maximum Gasteiger partial charge on any atom is 0.257 e. The van der Waals surface area contributed by atoms with E-state index in [0.29, 0.717) is 12.1 Å². The molecule has 2 saturated heterocycles. The lowest BCUT2D eigenvalue weighted by molar-refractivity contribution is 0.0633. The first-order chi connectivity index (χ1) is 8.56. The Labute approximate surface area is 107 Å². The molecule has 2 unspecified atom stereocenters. The second-order valence-corrected chi connectivity index (χ2v) is 5.58. The molecular formula is C15H19NO2. The zero-order valence-corrected chi connectivity index (χ0v) is 11.0. The van der Waals surface area contributed by atoms with Crippen LogP contribution in [0.25, 0.3) is 0 Å². The van der Waals surface area contributed by atoms with Gasteiger partial charge in [-0.2, -0.15) is 0 Å². The third-order valence-electron chi connectivity index (χ3n) is 4.17. The Kier molecular flexibility index (Phi) is 2.58. The molecule has 96 valence electrons. The number of piperidine rings is 1. The van der Waals surface area contributed by atoms with Gasteiger partial charge in [-0.1, -0.05) is 12.2 Å². The van der Waals surface area contributed by atoms with Crippen molar-refractivity contribution in [2.24, 2.45) is 0 Å². The van der Waals surface area contributed by atoms with Crippen molar-refractivity contribution < 1.29 is 9.21 Å². The minimum atomic E-state index is 0.143. The van der Waals surface area contributed by atoms with Gasteiger partial charge in [-0.15, -0.1) is 0 Å². The molecular weight excluding hydrogens is 226 g/mol. The molecule has 0 N–H and O–H groups in total. The van der Waals surface area contributed by atoms with Crippen molar-refractivity contribution in [3.63, 3.8) is 0 Å². The van der Waals surface area contributed by atoms with E-state index in [2.05, 4.69) is 11.5 Å². The molecule has 0 spiro atoms. The van der Waals surface area contributed by atoms with Crippen LogP contribution in [0.1, 0.15) is 47.6 Å². The predicted molar refractivity (Wildman–Crippen MR) is 69.5 cm³/mol. The summed E-state index contributed by atoms with van der Waals surface area (Å²) < 4.78 is 5.47. The highest BCUT2D eigenvalue weighted by Crippen LogP contribution is 2.39. The van der Waals surface area contributed by atoms with Crippen molar-refractivity contribution in [3.8, 4) is 0 Å². The molecule has 3 nitrogen and oxygen atoms in total. The largest absolute Gasteiger partial charge is 0.466 e. The summed E-state index contributed by atoms with van der Waals surface area (Å²) in [6.45, 7) is 7.84. The number of furan rings is 1. The number of carbonyl (C=O) groups excluding carboxylic acids is 1. The summed E-state index contributed by atoms with van der Waals surface area (Å²) in [5.74, 6) is 1.69. The molecule has 3 heteroatoms. The summed E-state index contributed by atoms with van der Waals surface area (Å²) in [5, 5.41) is 0. The molecule has 0 aromatic carbocycles. The summed E-state index contributed by atoms with van der Waals surface area (Å²) in [5.41, 5.74) is 2.03. The van der Waals surface area contributed by atoms with Gasteiger partial charge < -0.3 is 9.32 Å². The first-order valence-corrected chi connectivity index (χ1v) is 6.62. The lowest BCUT2D eigenvalue weighted by Gasteiger charge is -2.35. The number of hydrogen-bond acceptors (Lipinski definition) is 2. The Morgan fingerprint density at radius 2 is 1.94 bits per heavy atom. The van der Waals surface area contributed by atoms with Crippen LogP contribution in [-0.4, -0.2) is 22.9 Å². The van der Waals surface area contributed by atoms with Gasteiger partial charge in [0.05, 0.1) is 5.56 Å². The van der Waals surface area contributed by atoms with Crippen molar-refractivity contribution in [1.29, 1.82) is 0 Å². The number of carbonyl (C=O) groups is 1. The molecule has 1 amide bonds. The number of fused-ring (bicyclic) bond motifs is 2. The second kappa shape index (κ2) is 4.01. The average Bonchev–Trinajstić information content (AvgIpc) is 2.76. The van der Waals surface area contributed by atoms with E-state index in [-0.39, 0.29) is 5.91 Å². The predicted octanol–water partition coefficient (Wildman–Crippen LogP) is 3.22. The molecule has 2 atom stereocenters. The lowest BCUT2D eigenvalue weighted by atomic mass is 9.97. The SMILES string of the molecule is C=C1CC2CCC(C1)N2C(=O)c1cc(C)oc1C. The Morgan fingerprint density at radius 1 is 1.33 bits per heavy atom. The van der Waals surface area contributed by atoms with Gasteiger partial charge in [0.2, 0.25) is 0 Å². The van der Waals surface area contributed by atoms with Crippen LogP contribution in [0, 0.1) is 13.8 Å². The first-order valence-electron chi connectivity index (χ1n) is 6.62. The molecule has 18 heavy (non-hydrogen) atoms.